The van der Waals surface area contributed by atoms with Crippen LogP contribution in [0.3, 0.4) is 0 Å². The second kappa shape index (κ2) is 2.30. The van der Waals surface area contributed by atoms with E-state index in [4.69, 9.17) is 5.73 Å². The molecule has 0 saturated carbocycles. The molecule has 0 radical (unpaired) electrons. The summed E-state index contributed by atoms with van der Waals surface area (Å²) >= 11 is 0. The van der Waals surface area contributed by atoms with Crippen molar-refractivity contribution in [1.82, 2.24) is 15.8 Å². The maximum absolute atomic E-state index is 10.7. The minimum atomic E-state index is -0.460. The zero-order chi connectivity index (χ0) is 8.55. The van der Waals surface area contributed by atoms with Crippen LogP contribution in [-0.4, -0.2) is 10.9 Å². The van der Waals surface area contributed by atoms with E-state index >= 15 is 0 Å². The smallest absolute Gasteiger partial charge is 0.266 e. The number of nitrogens with one attached hydrogen (secondary N) is 2. The highest BCUT2D eigenvalue weighted by molar-refractivity contribution is 5.92. The van der Waals surface area contributed by atoms with Crippen LogP contribution in [-0.2, 0) is 4.79 Å². The van der Waals surface area contributed by atoms with Crippen LogP contribution in [0.25, 0.3) is 0 Å². The minimum absolute atomic E-state index is 0.398. The number of nitrogens with two attached hydrogens (primary N) is 1. The summed E-state index contributed by atoms with van der Waals surface area (Å²) in [5.74, 6) is -0.460. The fraction of sp³-hybridized carbons (Fsp3) is 0. The van der Waals surface area contributed by atoms with Crippen molar-refractivity contribution >= 4 is 5.91 Å². The second-order valence-electron chi connectivity index (χ2n) is 2.46. The number of fused-ring (bicyclic) bond motifs is 1. The number of carbonyl (C=O) groups is 1. The lowest BCUT2D eigenvalue weighted by molar-refractivity contribution is -0.115. The first kappa shape index (κ1) is 6.78. The molecule has 0 bridgehead atoms. The Morgan fingerprint density at radius 3 is 3.08 bits per heavy atom. The van der Waals surface area contributed by atoms with Crippen LogP contribution in [0.2, 0.25) is 0 Å². The highest BCUT2D eigenvalue weighted by Crippen LogP contribution is 2.15. The molecule has 0 fully saturated rings. The Morgan fingerprint density at radius 2 is 2.42 bits per heavy atom. The molecule has 2 aliphatic heterocycles. The van der Waals surface area contributed by atoms with Gasteiger partial charge in [-0.2, -0.15) is 0 Å². The van der Waals surface area contributed by atoms with Gasteiger partial charge in [0.25, 0.3) is 5.91 Å². The number of rotatable bonds is 1. The minimum Gasteiger partial charge on any atom is -0.364 e. The highest BCUT2D eigenvalue weighted by Gasteiger charge is 2.19. The number of allylic oxidation sites excluding steroid dienone is 1. The van der Waals surface area contributed by atoms with Crippen LogP contribution < -0.4 is 16.5 Å². The SMILES string of the molecule is NC(=O)C1=CC2=CNC=CN2N1. The predicted octanol–water partition coefficient (Wildman–Crippen LogP) is -0.908. The monoisotopic (exact) mass is 164 g/mol. The Morgan fingerprint density at radius 1 is 1.58 bits per heavy atom. The Kier molecular flexibility index (Phi) is 1.30. The Labute approximate surface area is 69.2 Å². The largest absolute Gasteiger partial charge is 0.364 e. The third-order valence-electron chi connectivity index (χ3n) is 1.63. The topological polar surface area (TPSA) is 70.4 Å². The maximum Gasteiger partial charge on any atom is 0.266 e. The number of hydrogen-bond acceptors (Lipinski definition) is 4. The molecule has 0 unspecified atom stereocenters. The molecule has 5 nitrogen and oxygen atoms in total. The van der Waals surface area contributed by atoms with E-state index in [2.05, 4.69) is 10.7 Å². The molecule has 0 atom stereocenters. The van der Waals surface area contributed by atoms with Gasteiger partial charge in [-0.3, -0.25) is 15.2 Å². The van der Waals surface area contributed by atoms with Crippen LogP contribution in [0.5, 0.6) is 0 Å². The summed E-state index contributed by atoms with van der Waals surface area (Å²) < 4.78 is 0. The third-order valence-corrected chi connectivity index (χ3v) is 1.63. The van der Waals surface area contributed by atoms with Gasteiger partial charge in [0.2, 0.25) is 0 Å². The molecular formula is C7H8N4O. The van der Waals surface area contributed by atoms with Crippen molar-refractivity contribution < 1.29 is 4.79 Å². The van der Waals surface area contributed by atoms with Gasteiger partial charge in [-0.1, -0.05) is 0 Å². The van der Waals surface area contributed by atoms with E-state index in [0.717, 1.165) is 5.70 Å². The summed E-state index contributed by atoms with van der Waals surface area (Å²) in [4.78, 5) is 10.7. The average molecular weight is 164 g/mol. The fourth-order valence-corrected chi connectivity index (χ4v) is 1.06. The number of primary amides is 1. The van der Waals surface area contributed by atoms with Gasteiger partial charge in [0.1, 0.15) is 5.70 Å². The molecule has 2 heterocycles. The molecule has 5 heteroatoms. The van der Waals surface area contributed by atoms with Gasteiger partial charge >= 0.3 is 0 Å². The first-order valence-corrected chi connectivity index (χ1v) is 3.47. The average Bonchev–Trinajstić information content (AvgIpc) is 2.46. The van der Waals surface area contributed by atoms with Gasteiger partial charge in [-0.05, 0) is 6.08 Å². The van der Waals surface area contributed by atoms with Gasteiger partial charge in [0.15, 0.2) is 0 Å². The van der Waals surface area contributed by atoms with E-state index in [1.807, 2.05) is 0 Å². The summed E-state index contributed by atoms with van der Waals surface area (Å²) in [5.41, 5.74) is 9.17. The van der Waals surface area contributed by atoms with Crippen molar-refractivity contribution in [2.75, 3.05) is 0 Å². The normalized spacial score (nSPS) is 18.8. The van der Waals surface area contributed by atoms with Crippen LogP contribution in [0.15, 0.2) is 36.1 Å². The molecule has 62 valence electrons. The van der Waals surface area contributed by atoms with E-state index < -0.39 is 5.91 Å². The first-order chi connectivity index (χ1) is 5.77. The predicted molar refractivity (Wildman–Crippen MR) is 42.6 cm³/mol. The summed E-state index contributed by atoms with van der Waals surface area (Å²) in [7, 11) is 0. The van der Waals surface area contributed by atoms with Crippen LogP contribution in [0, 0.1) is 0 Å². The second-order valence-corrected chi connectivity index (χ2v) is 2.46. The zero-order valence-corrected chi connectivity index (χ0v) is 6.24. The Bertz CT molecular complexity index is 315. The molecule has 0 aliphatic carbocycles. The van der Waals surface area contributed by atoms with Crippen molar-refractivity contribution in [2.45, 2.75) is 0 Å². The lowest BCUT2D eigenvalue weighted by atomic mass is 10.3. The molecule has 12 heavy (non-hydrogen) atoms. The summed E-state index contributed by atoms with van der Waals surface area (Å²) in [6, 6.07) is 0. The van der Waals surface area contributed by atoms with Gasteiger partial charge in [0, 0.05) is 18.6 Å². The summed E-state index contributed by atoms with van der Waals surface area (Å²) in [6.07, 6.45) is 6.96. The van der Waals surface area contributed by atoms with Gasteiger partial charge in [-0.25, -0.2) is 0 Å². The van der Waals surface area contributed by atoms with E-state index in [1.54, 1.807) is 29.7 Å². The molecule has 0 saturated heterocycles. The van der Waals surface area contributed by atoms with Gasteiger partial charge < -0.3 is 11.1 Å². The fourth-order valence-electron chi connectivity index (χ4n) is 1.06. The molecular weight excluding hydrogens is 156 g/mol. The van der Waals surface area contributed by atoms with Gasteiger partial charge in [0.05, 0.1) is 5.70 Å². The summed E-state index contributed by atoms with van der Waals surface area (Å²) in [6.45, 7) is 0. The molecule has 2 rings (SSSR count). The Hall–Kier alpha value is -1.91. The molecule has 0 spiro atoms. The van der Waals surface area contributed by atoms with Gasteiger partial charge in [-0.15, -0.1) is 0 Å². The Balaban J connectivity index is 2.26. The molecule has 0 aromatic heterocycles. The zero-order valence-electron chi connectivity index (χ0n) is 6.24. The lowest BCUT2D eigenvalue weighted by Gasteiger charge is -2.18. The van der Waals surface area contributed by atoms with Crippen LogP contribution >= 0.6 is 0 Å². The van der Waals surface area contributed by atoms with E-state index in [0.29, 0.717) is 5.70 Å². The molecule has 0 aromatic rings. The van der Waals surface area contributed by atoms with E-state index in [9.17, 15) is 4.79 Å². The van der Waals surface area contributed by atoms with E-state index in [-0.39, 0.29) is 0 Å². The number of carbonyl (C=O) groups excluding carboxylic acids is 1. The van der Waals surface area contributed by atoms with Crippen LogP contribution in [0.4, 0.5) is 0 Å². The molecule has 2 aliphatic rings. The standard InChI is InChI=1S/C7H8N4O/c8-7(12)6-3-5-4-9-1-2-11(5)10-6/h1-4,9-10H,(H2,8,12). The molecule has 4 N–H and O–H groups in total. The van der Waals surface area contributed by atoms with Crippen LogP contribution in [0.1, 0.15) is 0 Å². The number of amides is 1. The van der Waals surface area contributed by atoms with E-state index in [1.165, 1.54) is 0 Å². The quantitative estimate of drug-likeness (QED) is 0.469. The molecule has 0 aromatic carbocycles. The van der Waals surface area contributed by atoms with Crippen molar-refractivity contribution in [3.8, 4) is 0 Å². The maximum atomic E-state index is 10.7. The number of nitrogens with zero attached hydrogens (tertiary/aromatic N) is 1. The van der Waals surface area contributed by atoms with Crippen molar-refractivity contribution in [1.29, 1.82) is 0 Å². The number of hydrogen-bond donors (Lipinski definition) is 3. The highest BCUT2D eigenvalue weighted by atomic mass is 16.1. The number of hydrazine groups is 1. The first-order valence-electron chi connectivity index (χ1n) is 3.47. The lowest BCUT2D eigenvalue weighted by Crippen LogP contribution is -2.32. The third kappa shape index (κ3) is 0.914. The van der Waals surface area contributed by atoms with Crippen molar-refractivity contribution in [2.24, 2.45) is 5.73 Å². The van der Waals surface area contributed by atoms with Crippen molar-refractivity contribution in [3.05, 3.63) is 36.1 Å². The molecule has 1 amide bonds. The van der Waals surface area contributed by atoms with Crippen molar-refractivity contribution in [3.63, 3.8) is 0 Å². The summed E-state index contributed by atoms with van der Waals surface area (Å²) in [5, 5.41) is 4.60.